The molecule has 0 aromatic rings. The minimum absolute atomic E-state index is 0.374. The van der Waals surface area contributed by atoms with Crippen molar-refractivity contribution < 1.29 is 22.7 Å². The van der Waals surface area contributed by atoms with Crippen LogP contribution in [0.4, 0.5) is 13.2 Å². The molecule has 1 aliphatic rings. The minimum atomic E-state index is -4.52. The summed E-state index contributed by atoms with van der Waals surface area (Å²) in [7, 11) is 1.20. The number of ether oxygens (including phenoxy) is 1. The molecule has 2 unspecified atom stereocenters. The molecule has 2 atom stereocenters. The van der Waals surface area contributed by atoms with Crippen LogP contribution in [-0.4, -0.2) is 19.3 Å². The number of rotatable bonds is 2. The number of esters is 1. The number of allylic oxidation sites excluding steroid dienone is 2. The van der Waals surface area contributed by atoms with Gasteiger partial charge < -0.3 is 4.74 Å². The molecule has 6 heteroatoms. The van der Waals surface area contributed by atoms with E-state index in [0.717, 1.165) is 6.08 Å². The molecule has 80 valence electrons. The van der Waals surface area contributed by atoms with Gasteiger partial charge in [-0.2, -0.15) is 13.2 Å². The Morgan fingerprint density at radius 1 is 1.57 bits per heavy atom. The number of hydrogen-bond acceptors (Lipinski definition) is 2. The lowest BCUT2D eigenvalue weighted by Crippen LogP contribution is -2.08. The Kier molecular flexibility index (Phi) is 3.09. The van der Waals surface area contributed by atoms with Crippen LogP contribution in [0, 0.1) is 11.8 Å². The van der Waals surface area contributed by atoms with E-state index in [4.69, 9.17) is 11.6 Å². The highest BCUT2D eigenvalue weighted by Gasteiger charge is 2.44. The van der Waals surface area contributed by atoms with E-state index < -0.39 is 29.0 Å². The Bertz CT molecular complexity index is 272. The first-order chi connectivity index (χ1) is 6.36. The van der Waals surface area contributed by atoms with Crippen molar-refractivity contribution in [3.05, 3.63) is 11.1 Å². The molecule has 0 amide bonds. The van der Waals surface area contributed by atoms with Gasteiger partial charge in [-0.1, -0.05) is 17.7 Å². The van der Waals surface area contributed by atoms with Gasteiger partial charge in [-0.3, -0.25) is 4.79 Å². The second kappa shape index (κ2) is 3.81. The lowest BCUT2D eigenvalue weighted by molar-refractivity contribution is -0.142. The maximum Gasteiger partial charge on any atom is 0.426 e. The zero-order chi connectivity index (χ0) is 10.9. The Morgan fingerprint density at radius 3 is 2.57 bits per heavy atom. The Hall–Kier alpha value is -0.710. The summed E-state index contributed by atoms with van der Waals surface area (Å²) in [6, 6.07) is 0. The van der Waals surface area contributed by atoms with Crippen molar-refractivity contribution in [2.24, 2.45) is 11.8 Å². The predicted molar refractivity (Wildman–Crippen MR) is 43.6 cm³/mol. The summed E-state index contributed by atoms with van der Waals surface area (Å²) in [5.41, 5.74) is 0. The maximum atomic E-state index is 11.9. The van der Waals surface area contributed by atoms with Gasteiger partial charge in [0.25, 0.3) is 0 Å². The molecule has 1 rings (SSSR count). The van der Waals surface area contributed by atoms with Crippen LogP contribution in [0.25, 0.3) is 0 Å². The van der Waals surface area contributed by atoms with E-state index in [9.17, 15) is 18.0 Å². The molecule has 0 bridgehead atoms. The molecule has 0 saturated heterocycles. The molecule has 0 spiro atoms. The Morgan fingerprint density at radius 2 is 2.14 bits per heavy atom. The third-order valence-electron chi connectivity index (χ3n) is 1.97. The fourth-order valence-electron chi connectivity index (χ4n) is 1.10. The zero-order valence-corrected chi connectivity index (χ0v) is 8.02. The standard InChI is InChI=1S/C8H8ClF3O2/c1-14-7(13)5-2-4(5)3-6(9)8(10,11)12/h3-5H,2H2,1H3. The van der Waals surface area contributed by atoms with Gasteiger partial charge in [0.05, 0.1) is 13.0 Å². The van der Waals surface area contributed by atoms with Gasteiger partial charge in [0.1, 0.15) is 5.03 Å². The second-order valence-corrected chi connectivity index (χ2v) is 3.45. The van der Waals surface area contributed by atoms with Crippen molar-refractivity contribution in [1.29, 1.82) is 0 Å². The van der Waals surface area contributed by atoms with Crippen molar-refractivity contribution in [3.8, 4) is 0 Å². The molecule has 14 heavy (non-hydrogen) atoms. The summed E-state index contributed by atoms with van der Waals surface area (Å²) in [4.78, 5) is 10.8. The fourth-order valence-corrected chi connectivity index (χ4v) is 1.27. The molecule has 0 aliphatic heterocycles. The number of halogens is 4. The number of hydrogen-bond donors (Lipinski definition) is 0. The zero-order valence-electron chi connectivity index (χ0n) is 7.27. The Labute approximate surface area is 83.7 Å². The monoisotopic (exact) mass is 228 g/mol. The van der Waals surface area contributed by atoms with Crippen LogP contribution < -0.4 is 0 Å². The fraction of sp³-hybridized carbons (Fsp3) is 0.625. The van der Waals surface area contributed by atoms with Crippen LogP contribution in [0.15, 0.2) is 11.1 Å². The molecule has 0 radical (unpaired) electrons. The van der Waals surface area contributed by atoms with Gasteiger partial charge >= 0.3 is 12.1 Å². The molecule has 0 aromatic carbocycles. The highest BCUT2D eigenvalue weighted by atomic mass is 35.5. The van der Waals surface area contributed by atoms with E-state index in [1.54, 1.807) is 0 Å². The summed E-state index contributed by atoms with van der Waals surface area (Å²) in [5.74, 6) is -1.38. The summed E-state index contributed by atoms with van der Waals surface area (Å²) in [5, 5.41) is -1.17. The minimum Gasteiger partial charge on any atom is -0.469 e. The molecule has 0 heterocycles. The van der Waals surface area contributed by atoms with Crippen molar-refractivity contribution in [3.63, 3.8) is 0 Å². The highest BCUT2D eigenvalue weighted by Crippen LogP contribution is 2.43. The summed E-state index contributed by atoms with van der Waals surface area (Å²) < 4.78 is 40.2. The van der Waals surface area contributed by atoms with Crippen LogP contribution in [0.2, 0.25) is 0 Å². The van der Waals surface area contributed by atoms with Crippen molar-refractivity contribution in [2.45, 2.75) is 12.6 Å². The second-order valence-electron chi connectivity index (χ2n) is 3.04. The highest BCUT2D eigenvalue weighted by molar-refractivity contribution is 6.30. The number of methoxy groups -OCH3 is 1. The van der Waals surface area contributed by atoms with Gasteiger partial charge in [0.15, 0.2) is 0 Å². The van der Waals surface area contributed by atoms with E-state index in [0.29, 0.717) is 6.42 Å². The van der Waals surface area contributed by atoms with Gasteiger partial charge in [-0.05, 0) is 12.3 Å². The molecule has 2 nitrogen and oxygen atoms in total. The molecule has 0 N–H and O–H groups in total. The lowest BCUT2D eigenvalue weighted by Gasteiger charge is -2.03. The summed E-state index contributed by atoms with van der Waals surface area (Å²) >= 11 is 4.99. The quantitative estimate of drug-likeness (QED) is 0.679. The largest absolute Gasteiger partial charge is 0.469 e. The molecule has 1 aliphatic carbocycles. The Balaban J connectivity index is 2.53. The van der Waals surface area contributed by atoms with Crippen LogP contribution in [0.5, 0.6) is 0 Å². The van der Waals surface area contributed by atoms with Crippen LogP contribution in [0.3, 0.4) is 0 Å². The van der Waals surface area contributed by atoms with Crippen LogP contribution >= 0.6 is 11.6 Å². The molecular weight excluding hydrogens is 221 g/mol. The van der Waals surface area contributed by atoms with Crippen LogP contribution in [0.1, 0.15) is 6.42 Å². The predicted octanol–water partition coefficient (Wildman–Crippen LogP) is 2.48. The molecular formula is C8H8ClF3O2. The van der Waals surface area contributed by atoms with Gasteiger partial charge in [0, 0.05) is 0 Å². The average Bonchev–Trinajstić information content (AvgIpc) is 2.81. The van der Waals surface area contributed by atoms with Gasteiger partial charge in [-0.25, -0.2) is 0 Å². The van der Waals surface area contributed by atoms with Crippen molar-refractivity contribution in [2.75, 3.05) is 7.11 Å². The summed E-state index contributed by atoms with van der Waals surface area (Å²) in [6.07, 6.45) is -3.28. The van der Waals surface area contributed by atoms with Crippen molar-refractivity contribution >= 4 is 17.6 Å². The third kappa shape index (κ3) is 2.64. The van der Waals surface area contributed by atoms with Crippen molar-refractivity contribution in [1.82, 2.24) is 0 Å². The van der Waals surface area contributed by atoms with E-state index >= 15 is 0 Å². The molecule has 0 aromatic heterocycles. The van der Waals surface area contributed by atoms with Crippen LogP contribution in [-0.2, 0) is 9.53 Å². The van der Waals surface area contributed by atoms with Gasteiger partial charge in [-0.15, -0.1) is 0 Å². The molecule has 1 fully saturated rings. The van der Waals surface area contributed by atoms with E-state index in [-0.39, 0.29) is 0 Å². The molecule has 1 saturated carbocycles. The number of alkyl halides is 3. The summed E-state index contributed by atoms with van der Waals surface area (Å²) in [6.45, 7) is 0. The topological polar surface area (TPSA) is 26.3 Å². The SMILES string of the molecule is COC(=O)C1CC1C=C(Cl)C(F)(F)F. The van der Waals surface area contributed by atoms with Gasteiger partial charge in [0.2, 0.25) is 0 Å². The van der Waals surface area contributed by atoms with E-state index in [1.165, 1.54) is 7.11 Å². The maximum absolute atomic E-state index is 11.9. The number of carbonyl (C=O) groups is 1. The average molecular weight is 229 g/mol. The first kappa shape index (κ1) is 11.4. The number of carbonyl (C=O) groups excluding carboxylic acids is 1. The first-order valence-electron chi connectivity index (χ1n) is 3.88. The van der Waals surface area contributed by atoms with E-state index in [1.807, 2.05) is 0 Å². The smallest absolute Gasteiger partial charge is 0.426 e. The third-order valence-corrected chi connectivity index (χ3v) is 2.32. The van der Waals surface area contributed by atoms with E-state index in [2.05, 4.69) is 4.74 Å². The first-order valence-corrected chi connectivity index (χ1v) is 4.26. The lowest BCUT2D eigenvalue weighted by atomic mass is 10.3. The normalized spacial score (nSPS) is 27.4.